The van der Waals surface area contributed by atoms with Gasteiger partial charge in [0.2, 0.25) is 5.91 Å². The Labute approximate surface area is 110 Å². The maximum Gasteiger partial charge on any atom is 0.271 e. The van der Waals surface area contributed by atoms with Crippen LogP contribution in [-0.4, -0.2) is 22.8 Å². The molecular weight excluding hydrogens is 252 g/mol. The molecule has 0 spiro atoms. The number of rotatable bonds is 5. The van der Waals surface area contributed by atoms with Gasteiger partial charge in [-0.1, -0.05) is 13.8 Å². The molecule has 2 unspecified atom stereocenters. The van der Waals surface area contributed by atoms with E-state index >= 15 is 0 Å². The zero-order valence-corrected chi connectivity index (χ0v) is 11.5. The van der Waals surface area contributed by atoms with Crippen LogP contribution >= 0.6 is 11.3 Å². The van der Waals surface area contributed by atoms with Crippen LogP contribution in [0.4, 0.5) is 0 Å². The van der Waals surface area contributed by atoms with E-state index in [-0.39, 0.29) is 17.7 Å². The van der Waals surface area contributed by atoms with Gasteiger partial charge in [-0.05, 0) is 12.8 Å². The Morgan fingerprint density at radius 3 is 2.39 bits per heavy atom. The van der Waals surface area contributed by atoms with Crippen molar-refractivity contribution in [2.24, 2.45) is 17.4 Å². The molecule has 1 heterocycles. The Morgan fingerprint density at radius 2 is 2.00 bits per heavy atom. The average Bonchev–Trinajstić information content (AvgIpc) is 2.73. The lowest BCUT2D eigenvalue weighted by molar-refractivity contribution is -0.120. The lowest BCUT2D eigenvalue weighted by Gasteiger charge is -2.18. The van der Waals surface area contributed by atoms with Crippen molar-refractivity contribution < 1.29 is 9.59 Å². The third-order valence-electron chi connectivity index (χ3n) is 2.40. The number of nitrogens with zero attached hydrogens (tertiary/aromatic N) is 1. The average molecular weight is 270 g/mol. The summed E-state index contributed by atoms with van der Waals surface area (Å²) in [6.45, 7) is 5.41. The fourth-order valence-electron chi connectivity index (χ4n) is 1.38. The first kappa shape index (κ1) is 14.6. The number of hydrogen-bond acceptors (Lipinski definition) is 5. The summed E-state index contributed by atoms with van der Waals surface area (Å²) < 4.78 is 0. The van der Waals surface area contributed by atoms with E-state index in [0.29, 0.717) is 5.01 Å². The molecule has 0 saturated heterocycles. The second-order valence-corrected chi connectivity index (χ2v) is 5.35. The van der Waals surface area contributed by atoms with Crippen molar-refractivity contribution in [1.29, 1.82) is 0 Å². The van der Waals surface area contributed by atoms with Gasteiger partial charge in [-0.2, -0.15) is 0 Å². The van der Waals surface area contributed by atoms with Crippen molar-refractivity contribution in [2.75, 3.05) is 0 Å². The Balaban J connectivity index is 2.77. The van der Waals surface area contributed by atoms with Crippen LogP contribution in [0.25, 0.3) is 0 Å². The SMILES string of the molecule is CC(N)c1nc(C(=O)NC(C(N)=O)C(C)C)cs1. The van der Waals surface area contributed by atoms with Gasteiger partial charge in [0.15, 0.2) is 0 Å². The Kier molecular flexibility index (Phi) is 4.80. The highest BCUT2D eigenvalue weighted by molar-refractivity contribution is 7.09. The Bertz CT molecular complexity index is 442. The van der Waals surface area contributed by atoms with Crippen molar-refractivity contribution in [3.8, 4) is 0 Å². The molecule has 0 radical (unpaired) electrons. The van der Waals surface area contributed by atoms with Crippen LogP contribution in [0.5, 0.6) is 0 Å². The predicted molar refractivity (Wildman–Crippen MR) is 70.0 cm³/mol. The van der Waals surface area contributed by atoms with E-state index in [1.807, 2.05) is 13.8 Å². The molecule has 1 rings (SSSR count). The highest BCUT2D eigenvalue weighted by Crippen LogP contribution is 2.16. The first-order chi connectivity index (χ1) is 8.32. The summed E-state index contributed by atoms with van der Waals surface area (Å²) in [7, 11) is 0. The lowest BCUT2D eigenvalue weighted by atomic mass is 10.0. The van der Waals surface area contributed by atoms with E-state index in [2.05, 4.69) is 10.3 Å². The maximum absolute atomic E-state index is 11.9. The predicted octanol–water partition coefficient (Wildman–Crippen LogP) is 0.403. The second kappa shape index (κ2) is 5.92. The third kappa shape index (κ3) is 3.51. The van der Waals surface area contributed by atoms with Crippen molar-refractivity contribution >= 4 is 23.2 Å². The molecule has 6 nitrogen and oxygen atoms in total. The van der Waals surface area contributed by atoms with Gasteiger partial charge in [0, 0.05) is 5.38 Å². The van der Waals surface area contributed by atoms with Crippen LogP contribution in [0.1, 0.15) is 42.3 Å². The van der Waals surface area contributed by atoms with Crippen LogP contribution in [0.2, 0.25) is 0 Å². The molecule has 0 aromatic carbocycles. The number of aromatic nitrogens is 1. The number of nitrogens with one attached hydrogen (secondary N) is 1. The zero-order chi connectivity index (χ0) is 13.9. The minimum atomic E-state index is -0.696. The van der Waals surface area contributed by atoms with Gasteiger partial charge < -0.3 is 16.8 Å². The van der Waals surface area contributed by atoms with Gasteiger partial charge in [0.1, 0.15) is 16.7 Å². The number of hydrogen-bond donors (Lipinski definition) is 3. The maximum atomic E-state index is 11.9. The Hall–Kier alpha value is -1.47. The van der Waals surface area contributed by atoms with Crippen molar-refractivity contribution in [3.05, 3.63) is 16.1 Å². The first-order valence-corrected chi connectivity index (χ1v) is 6.52. The van der Waals surface area contributed by atoms with E-state index in [4.69, 9.17) is 11.5 Å². The van der Waals surface area contributed by atoms with E-state index in [1.54, 1.807) is 12.3 Å². The fourth-order valence-corrected chi connectivity index (χ4v) is 2.14. The zero-order valence-electron chi connectivity index (χ0n) is 10.6. The molecule has 0 aliphatic heterocycles. The summed E-state index contributed by atoms with van der Waals surface area (Å²) in [6.07, 6.45) is 0. The number of carbonyl (C=O) groups excluding carboxylic acids is 2. The van der Waals surface area contributed by atoms with Crippen LogP contribution in [0, 0.1) is 5.92 Å². The lowest BCUT2D eigenvalue weighted by Crippen LogP contribution is -2.47. The van der Waals surface area contributed by atoms with E-state index in [1.165, 1.54) is 11.3 Å². The van der Waals surface area contributed by atoms with E-state index in [0.717, 1.165) is 0 Å². The summed E-state index contributed by atoms with van der Waals surface area (Å²) in [5.74, 6) is -1.03. The first-order valence-electron chi connectivity index (χ1n) is 5.64. The summed E-state index contributed by atoms with van der Waals surface area (Å²) >= 11 is 1.32. The van der Waals surface area contributed by atoms with Crippen LogP contribution in [0.3, 0.4) is 0 Å². The highest BCUT2D eigenvalue weighted by Gasteiger charge is 2.23. The molecule has 2 atom stereocenters. The van der Waals surface area contributed by atoms with Crippen molar-refractivity contribution in [1.82, 2.24) is 10.3 Å². The number of amides is 2. The van der Waals surface area contributed by atoms with E-state index in [9.17, 15) is 9.59 Å². The molecule has 5 N–H and O–H groups in total. The molecule has 2 amide bonds. The van der Waals surface area contributed by atoms with Crippen molar-refractivity contribution in [3.63, 3.8) is 0 Å². The number of thiazole rings is 1. The number of nitrogens with two attached hydrogens (primary N) is 2. The largest absolute Gasteiger partial charge is 0.368 e. The quantitative estimate of drug-likeness (QED) is 0.719. The normalized spacial score (nSPS) is 14.3. The molecule has 0 bridgehead atoms. The molecule has 100 valence electrons. The van der Waals surface area contributed by atoms with Gasteiger partial charge >= 0.3 is 0 Å². The molecule has 1 aromatic rings. The number of primary amides is 1. The molecule has 0 saturated carbocycles. The van der Waals surface area contributed by atoms with E-state index < -0.39 is 17.9 Å². The topological polar surface area (TPSA) is 111 Å². The summed E-state index contributed by atoms with van der Waals surface area (Å²) in [4.78, 5) is 27.2. The molecule has 7 heteroatoms. The monoisotopic (exact) mass is 270 g/mol. The van der Waals surface area contributed by atoms with Crippen LogP contribution in [-0.2, 0) is 4.79 Å². The van der Waals surface area contributed by atoms with Crippen LogP contribution < -0.4 is 16.8 Å². The van der Waals surface area contributed by atoms with Gasteiger partial charge in [0.25, 0.3) is 5.91 Å². The molecule has 0 aliphatic rings. The smallest absolute Gasteiger partial charge is 0.271 e. The van der Waals surface area contributed by atoms with Crippen LogP contribution in [0.15, 0.2) is 5.38 Å². The number of carbonyl (C=O) groups is 2. The minimum absolute atomic E-state index is 0.0713. The van der Waals surface area contributed by atoms with Gasteiger partial charge in [-0.15, -0.1) is 11.3 Å². The molecule has 0 aliphatic carbocycles. The Morgan fingerprint density at radius 1 is 1.39 bits per heavy atom. The summed E-state index contributed by atoms with van der Waals surface area (Å²) in [5, 5.41) is 4.87. The standard InChI is InChI=1S/C11H18N4O2S/c1-5(2)8(9(13)16)15-10(17)7-4-18-11(14-7)6(3)12/h4-6,8H,12H2,1-3H3,(H2,13,16)(H,15,17). The summed E-state index contributed by atoms with van der Waals surface area (Å²) in [5.41, 5.74) is 11.2. The molecule has 1 aromatic heterocycles. The third-order valence-corrected chi connectivity index (χ3v) is 3.45. The molecule has 18 heavy (non-hydrogen) atoms. The van der Waals surface area contributed by atoms with Gasteiger partial charge in [-0.3, -0.25) is 9.59 Å². The van der Waals surface area contributed by atoms with Gasteiger partial charge in [-0.25, -0.2) is 4.98 Å². The fraction of sp³-hybridized carbons (Fsp3) is 0.545. The molecule has 0 fully saturated rings. The summed E-state index contributed by atoms with van der Waals surface area (Å²) in [6, 6.07) is -0.911. The van der Waals surface area contributed by atoms with Gasteiger partial charge in [0.05, 0.1) is 6.04 Å². The minimum Gasteiger partial charge on any atom is -0.368 e. The van der Waals surface area contributed by atoms with Crippen molar-refractivity contribution in [2.45, 2.75) is 32.9 Å². The second-order valence-electron chi connectivity index (χ2n) is 4.46. The highest BCUT2D eigenvalue weighted by atomic mass is 32.1. The molecular formula is C11H18N4O2S.